The summed E-state index contributed by atoms with van der Waals surface area (Å²) in [5.41, 5.74) is 2.89. The molecule has 0 bridgehead atoms. The highest BCUT2D eigenvalue weighted by atomic mass is 79.9. The Kier molecular flexibility index (Phi) is 5.08. The number of aliphatic imine (C=N–C) groups is 1. The molecule has 138 valence electrons. The average Bonchev–Trinajstić information content (AvgIpc) is 3.05. The van der Waals surface area contributed by atoms with E-state index in [1.165, 1.54) is 0 Å². The number of hydrogen-bond donors (Lipinski definition) is 0. The third kappa shape index (κ3) is 3.62. The Balaban J connectivity index is 1.81. The third-order valence-corrected chi connectivity index (χ3v) is 4.90. The summed E-state index contributed by atoms with van der Waals surface area (Å²) < 4.78 is 6.25. The highest BCUT2D eigenvalue weighted by molar-refractivity contribution is 9.10. The molecule has 3 aromatic rings. The fraction of sp³-hybridized carbons (Fsp3) is 0.0435. The minimum Gasteiger partial charge on any atom is -0.497 e. The topological polar surface area (TPSA) is 41.9 Å². The predicted molar refractivity (Wildman–Crippen MR) is 116 cm³/mol. The van der Waals surface area contributed by atoms with Gasteiger partial charge in [-0.15, -0.1) is 0 Å². The molecule has 0 saturated carbocycles. The van der Waals surface area contributed by atoms with E-state index in [2.05, 4.69) is 20.9 Å². The number of para-hydroxylation sites is 1. The summed E-state index contributed by atoms with van der Waals surface area (Å²) >= 11 is 3.45. The summed E-state index contributed by atoms with van der Waals surface area (Å²) in [6, 6.07) is 24.9. The van der Waals surface area contributed by atoms with Gasteiger partial charge in [-0.05, 0) is 48.0 Å². The molecule has 0 aliphatic carbocycles. The van der Waals surface area contributed by atoms with E-state index in [0.29, 0.717) is 11.5 Å². The van der Waals surface area contributed by atoms with Crippen LogP contribution in [-0.2, 0) is 4.79 Å². The first-order valence-corrected chi connectivity index (χ1v) is 9.55. The Morgan fingerprint density at radius 1 is 0.964 bits per heavy atom. The van der Waals surface area contributed by atoms with Crippen LogP contribution < -0.4 is 9.64 Å². The number of halogens is 1. The van der Waals surface area contributed by atoms with Gasteiger partial charge in [0, 0.05) is 10.0 Å². The Morgan fingerprint density at radius 3 is 2.43 bits per heavy atom. The molecule has 1 heterocycles. The molecule has 4 nitrogen and oxygen atoms in total. The summed E-state index contributed by atoms with van der Waals surface area (Å²) in [6.07, 6.45) is 1.78. The molecular weight excluding hydrogens is 416 g/mol. The van der Waals surface area contributed by atoms with Gasteiger partial charge in [0.15, 0.2) is 0 Å². The lowest BCUT2D eigenvalue weighted by Gasteiger charge is -2.18. The molecule has 4 rings (SSSR count). The molecule has 0 unspecified atom stereocenters. The zero-order valence-electron chi connectivity index (χ0n) is 15.2. The average molecular weight is 433 g/mol. The van der Waals surface area contributed by atoms with Gasteiger partial charge >= 0.3 is 0 Å². The minimum atomic E-state index is -0.160. The SMILES string of the molecule is COc1cccc(/C=C2/N=C(c3ccc(Br)cc3)N(c3ccccc3)C2=O)c1. The number of amides is 1. The second-order valence-electron chi connectivity index (χ2n) is 6.22. The van der Waals surface area contributed by atoms with E-state index >= 15 is 0 Å². The van der Waals surface area contributed by atoms with Crippen LogP contribution in [0.5, 0.6) is 5.75 Å². The lowest BCUT2D eigenvalue weighted by molar-refractivity contribution is -0.113. The molecule has 0 radical (unpaired) electrons. The van der Waals surface area contributed by atoms with Crippen molar-refractivity contribution in [2.45, 2.75) is 0 Å². The molecule has 5 heteroatoms. The molecule has 0 spiro atoms. The Bertz CT molecular complexity index is 1070. The van der Waals surface area contributed by atoms with Gasteiger partial charge in [-0.1, -0.05) is 58.4 Å². The fourth-order valence-corrected chi connectivity index (χ4v) is 3.28. The third-order valence-electron chi connectivity index (χ3n) is 4.37. The molecular formula is C23H17BrN2O2. The number of ether oxygens (including phenoxy) is 1. The van der Waals surface area contributed by atoms with Crippen molar-refractivity contribution in [1.82, 2.24) is 0 Å². The molecule has 1 aliphatic rings. The van der Waals surface area contributed by atoms with E-state index in [1.54, 1.807) is 18.1 Å². The zero-order valence-corrected chi connectivity index (χ0v) is 16.8. The molecule has 1 aliphatic heterocycles. The van der Waals surface area contributed by atoms with Gasteiger partial charge in [0.2, 0.25) is 0 Å². The summed E-state index contributed by atoms with van der Waals surface area (Å²) in [7, 11) is 1.62. The number of hydrogen-bond acceptors (Lipinski definition) is 3. The van der Waals surface area contributed by atoms with Crippen LogP contribution in [0, 0.1) is 0 Å². The van der Waals surface area contributed by atoms with Gasteiger partial charge in [-0.25, -0.2) is 4.99 Å². The van der Waals surface area contributed by atoms with Gasteiger partial charge < -0.3 is 4.74 Å². The molecule has 0 fully saturated rings. The van der Waals surface area contributed by atoms with Crippen molar-refractivity contribution >= 4 is 39.4 Å². The van der Waals surface area contributed by atoms with Gasteiger partial charge in [0.25, 0.3) is 5.91 Å². The lowest BCUT2D eigenvalue weighted by atomic mass is 10.1. The van der Waals surface area contributed by atoms with E-state index in [-0.39, 0.29) is 5.91 Å². The second-order valence-corrected chi connectivity index (χ2v) is 7.14. The quantitative estimate of drug-likeness (QED) is 0.525. The molecule has 0 aromatic heterocycles. The van der Waals surface area contributed by atoms with Crippen LogP contribution in [0.15, 0.2) is 94.0 Å². The van der Waals surface area contributed by atoms with Crippen LogP contribution in [0.3, 0.4) is 0 Å². The van der Waals surface area contributed by atoms with Crippen LogP contribution >= 0.6 is 15.9 Å². The van der Waals surface area contributed by atoms with Crippen molar-refractivity contribution in [2.75, 3.05) is 12.0 Å². The van der Waals surface area contributed by atoms with Gasteiger partial charge in [-0.3, -0.25) is 9.69 Å². The van der Waals surface area contributed by atoms with Crippen molar-refractivity contribution < 1.29 is 9.53 Å². The Labute approximate surface area is 171 Å². The summed E-state index contributed by atoms with van der Waals surface area (Å²) in [4.78, 5) is 19.5. The molecule has 0 saturated heterocycles. The molecule has 0 N–H and O–H groups in total. The molecule has 28 heavy (non-hydrogen) atoms. The zero-order chi connectivity index (χ0) is 19.5. The molecule has 0 atom stereocenters. The highest BCUT2D eigenvalue weighted by Crippen LogP contribution is 2.28. The number of nitrogens with zero attached hydrogens (tertiary/aromatic N) is 2. The summed E-state index contributed by atoms with van der Waals surface area (Å²) in [6.45, 7) is 0. The van der Waals surface area contributed by atoms with E-state index in [4.69, 9.17) is 4.74 Å². The van der Waals surface area contributed by atoms with Gasteiger partial charge in [0.1, 0.15) is 17.3 Å². The Hall–Kier alpha value is -3.18. The monoisotopic (exact) mass is 432 g/mol. The van der Waals surface area contributed by atoms with Crippen molar-refractivity contribution in [3.05, 3.63) is 100 Å². The largest absolute Gasteiger partial charge is 0.497 e. The number of amidine groups is 1. The molecule has 3 aromatic carbocycles. The summed E-state index contributed by atoms with van der Waals surface area (Å²) in [5.74, 6) is 1.18. The number of anilines is 1. The normalized spacial score (nSPS) is 15.1. The number of benzene rings is 3. The fourth-order valence-electron chi connectivity index (χ4n) is 3.02. The van der Waals surface area contributed by atoms with E-state index < -0.39 is 0 Å². The van der Waals surface area contributed by atoms with Crippen LogP contribution in [0.1, 0.15) is 11.1 Å². The van der Waals surface area contributed by atoms with Crippen LogP contribution in [0.2, 0.25) is 0 Å². The van der Waals surface area contributed by atoms with Crippen LogP contribution in [-0.4, -0.2) is 18.9 Å². The van der Waals surface area contributed by atoms with Gasteiger partial charge in [-0.2, -0.15) is 0 Å². The summed E-state index contributed by atoms with van der Waals surface area (Å²) in [5, 5.41) is 0. The van der Waals surface area contributed by atoms with Crippen LogP contribution in [0.4, 0.5) is 5.69 Å². The maximum absolute atomic E-state index is 13.2. The van der Waals surface area contributed by atoms with E-state index in [1.807, 2.05) is 78.9 Å². The smallest absolute Gasteiger partial charge is 0.282 e. The predicted octanol–water partition coefficient (Wildman–Crippen LogP) is 5.29. The highest BCUT2D eigenvalue weighted by Gasteiger charge is 2.32. The molecule has 1 amide bonds. The van der Waals surface area contributed by atoms with Gasteiger partial charge in [0.05, 0.1) is 12.8 Å². The van der Waals surface area contributed by atoms with Crippen molar-refractivity contribution in [3.8, 4) is 5.75 Å². The van der Waals surface area contributed by atoms with Crippen molar-refractivity contribution in [1.29, 1.82) is 0 Å². The van der Waals surface area contributed by atoms with E-state index in [0.717, 1.165) is 27.0 Å². The second kappa shape index (κ2) is 7.82. The minimum absolute atomic E-state index is 0.160. The standard InChI is InChI=1S/C23H17BrN2O2/c1-28-20-9-5-6-16(14-20)15-21-23(27)26(19-7-3-2-4-8-19)22(25-21)17-10-12-18(24)13-11-17/h2-15H,1H3/b21-15+. The lowest BCUT2D eigenvalue weighted by Crippen LogP contribution is -2.32. The Morgan fingerprint density at radius 2 is 1.71 bits per heavy atom. The number of carbonyl (C=O) groups excluding carboxylic acids is 1. The maximum Gasteiger partial charge on any atom is 0.282 e. The number of rotatable bonds is 4. The first-order chi connectivity index (χ1) is 13.7. The van der Waals surface area contributed by atoms with E-state index in [9.17, 15) is 4.79 Å². The van der Waals surface area contributed by atoms with Crippen LogP contribution in [0.25, 0.3) is 6.08 Å². The maximum atomic E-state index is 13.2. The van der Waals surface area contributed by atoms with Crippen molar-refractivity contribution in [2.24, 2.45) is 4.99 Å². The number of carbonyl (C=O) groups is 1. The van der Waals surface area contributed by atoms with Crippen molar-refractivity contribution in [3.63, 3.8) is 0 Å². The number of methoxy groups -OCH3 is 1. The first-order valence-electron chi connectivity index (χ1n) is 8.75. The first kappa shape index (κ1) is 18.2.